The number of anilines is 1. The number of non-ortho nitro benzene ring substituents is 1. The van der Waals surface area contributed by atoms with Crippen LogP contribution in [0.5, 0.6) is 0 Å². The number of amides is 1. The molecule has 0 radical (unpaired) electrons. The fourth-order valence-electron chi connectivity index (χ4n) is 2.51. The summed E-state index contributed by atoms with van der Waals surface area (Å²) in [6.45, 7) is 0.252. The summed E-state index contributed by atoms with van der Waals surface area (Å²) in [4.78, 5) is 39.2. The molecule has 0 spiro atoms. The number of aliphatic imine (C=N–C) groups is 1. The zero-order valence-electron chi connectivity index (χ0n) is 15.5. The zero-order chi connectivity index (χ0) is 21.5. The Hall–Kier alpha value is -2.56. The number of thioether (sulfide) groups is 2. The van der Waals surface area contributed by atoms with Gasteiger partial charge in [0, 0.05) is 23.6 Å². The molecule has 1 aliphatic heterocycles. The van der Waals surface area contributed by atoms with Gasteiger partial charge in [-0.05, 0) is 17.7 Å². The Morgan fingerprint density at radius 3 is 2.83 bits per heavy atom. The van der Waals surface area contributed by atoms with Crippen molar-refractivity contribution in [2.24, 2.45) is 4.99 Å². The van der Waals surface area contributed by atoms with E-state index in [-0.39, 0.29) is 16.4 Å². The number of benzene rings is 2. The summed E-state index contributed by atoms with van der Waals surface area (Å²) in [6.07, 6.45) is 0. The number of nitrogens with zero attached hydrogens (tertiary/aromatic N) is 2. The number of carbonyl (C=O) groups is 2. The second kappa shape index (κ2) is 10.5. The number of nitro benzene ring substituents is 1. The Bertz CT molecular complexity index is 1020. The van der Waals surface area contributed by atoms with E-state index in [1.165, 1.54) is 12.1 Å². The summed E-state index contributed by atoms with van der Waals surface area (Å²) in [6, 6.07) is 10.7. The van der Waals surface area contributed by atoms with Gasteiger partial charge in [-0.15, -0.1) is 0 Å². The van der Waals surface area contributed by atoms with E-state index in [1.807, 2.05) is 12.1 Å². The SMILES string of the molecule is O=C(COC(=O)c1ccccc1CSC1=NCCS1)Nc1cc([N+](=O)[O-])ccc1Cl. The molecule has 156 valence electrons. The van der Waals surface area contributed by atoms with Crippen LogP contribution in [-0.2, 0) is 15.3 Å². The van der Waals surface area contributed by atoms with Gasteiger partial charge in [-0.25, -0.2) is 4.79 Å². The van der Waals surface area contributed by atoms with Gasteiger partial charge in [-0.3, -0.25) is 19.9 Å². The van der Waals surface area contributed by atoms with Crippen LogP contribution >= 0.6 is 35.1 Å². The maximum absolute atomic E-state index is 12.5. The summed E-state index contributed by atoms with van der Waals surface area (Å²) in [5, 5.41) is 13.4. The highest BCUT2D eigenvalue weighted by Crippen LogP contribution is 2.28. The van der Waals surface area contributed by atoms with Crippen LogP contribution in [0.2, 0.25) is 5.02 Å². The lowest BCUT2D eigenvalue weighted by Gasteiger charge is -2.10. The highest BCUT2D eigenvalue weighted by molar-refractivity contribution is 8.38. The molecule has 0 saturated carbocycles. The monoisotopic (exact) mass is 465 g/mol. The van der Waals surface area contributed by atoms with Crippen molar-refractivity contribution in [2.45, 2.75) is 5.75 Å². The highest BCUT2D eigenvalue weighted by Gasteiger charge is 2.17. The van der Waals surface area contributed by atoms with E-state index in [4.69, 9.17) is 16.3 Å². The minimum Gasteiger partial charge on any atom is -0.452 e. The van der Waals surface area contributed by atoms with Crippen molar-refractivity contribution >= 4 is 62.8 Å². The van der Waals surface area contributed by atoms with Crippen LogP contribution in [0.1, 0.15) is 15.9 Å². The van der Waals surface area contributed by atoms with Crippen LogP contribution < -0.4 is 5.32 Å². The average molecular weight is 466 g/mol. The molecule has 11 heteroatoms. The van der Waals surface area contributed by atoms with E-state index in [2.05, 4.69) is 10.3 Å². The van der Waals surface area contributed by atoms with Crippen LogP contribution in [-0.4, -0.2) is 40.1 Å². The predicted octanol–water partition coefficient (Wildman–Crippen LogP) is 4.38. The average Bonchev–Trinajstić information content (AvgIpc) is 3.26. The molecule has 1 N–H and O–H groups in total. The van der Waals surface area contributed by atoms with Gasteiger partial charge in [0.2, 0.25) is 0 Å². The van der Waals surface area contributed by atoms with Crippen molar-refractivity contribution in [3.8, 4) is 0 Å². The fraction of sp³-hybridized carbons (Fsp3) is 0.211. The Kier molecular flexibility index (Phi) is 7.72. The molecule has 8 nitrogen and oxygen atoms in total. The van der Waals surface area contributed by atoms with Crippen molar-refractivity contribution in [3.05, 3.63) is 68.7 Å². The third kappa shape index (κ3) is 5.97. The van der Waals surface area contributed by atoms with Gasteiger partial charge >= 0.3 is 5.97 Å². The van der Waals surface area contributed by atoms with Crippen LogP contribution in [0.4, 0.5) is 11.4 Å². The van der Waals surface area contributed by atoms with E-state index in [0.29, 0.717) is 11.3 Å². The van der Waals surface area contributed by atoms with Gasteiger partial charge in [0.05, 0.1) is 27.7 Å². The third-order valence-electron chi connectivity index (χ3n) is 3.92. The molecule has 0 aromatic heterocycles. The summed E-state index contributed by atoms with van der Waals surface area (Å²) in [5.74, 6) is 0.240. The Balaban J connectivity index is 1.58. The van der Waals surface area contributed by atoms with Gasteiger partial charge in [-0.1, -0.05) is 53.3 Å². The van der Waals surface area contributed by atoms with Gasteiger partial charge < -0.3 is 10.1 Å². The minimum absolute atomic E-state index is 0.0681. The summed E-state index contributed by atoms with van der Waals surface area (Å²) in [7, 11) is 0. The normalized spacial score (nSPS) is 12.9. The number of ether oxygens (including phenoxy) is 1. The molecule has 0 saturated heterocycles. The van der Waals surface area contributed by atoms with Gasteiger partial charge in [0.1, 0.15) is 4.38 Å². The first-order valence-corrected chi connectivity index (χ1v) is 11.1. The smallest absolute Gasteiger partial charge is 0.338 e. The molecule has 0 unspecified atom stereocenters. The van der Waals surface area contributed by atoms with Crippen LogP contribution in [0.15, 0.2) is 47.5 Å². The van der Waals surface area contributed by atoms with E-state index in [9.17, 15) is 19.7 Å². The number of nitrogens with one attached hydrogen (secondary N) is 1. The molecule has 0 bridgehead atoms. The van der Waals surface area contributed by atoms with Crippen molar-refractivity contribution in [2.75, 3.05) is 24.2 Å². The fourth-order valence-corrected chi connectivity index (χ4v) is 4.68. The summed E-state index contributed by atoms with van der Waals surface area (Å²) >= 11 is 9.20. The second-order valence-corrected chi connectivity index (χ2v) is 8.70. The largest absolute Gasteiger partial charge is 0.452 e. The van der Waals surface area contributed by atoms with E-state index < -0.39 is 23.4 Å². The van der Waals surface area contributed by atoms with Crippen molar-refractivity contribution in [1.82, 2.24) is 0 Å². The molecule has 0 aliphatic carbocycles. The summed E-state index contributed by atoms with van der Waals surface area (Å²) in [5.41, 5.74) is 1.00. The molecule has 3 rings (SSSR count). The number of esters is 1. The maximum Gasteiger partial charge on any atom is 0.338 e. The highest BCUT2D eigenvalue weighted by atomic mass is 35.5. The molecular weight excluding hydrogens is 450 g/mol. The Morgan fingerprint density at radius 1 is 1.30 bits per heavy atom. The molecule has 1 amide bonds. The van der Waals surface area contributed by atoms with Crippen LogP contribution in [0, 0.1) is 10.1 Å². The molecular formula is C19H16ClN3O5S2. The van der Waals surface area contributed by atoms with Crippen LogP contribution in [0.3, 0.4) is 0 Å². The van der Waals surface area contributed by atoms with Gasteiger partial charge in [0.25, 0.3) is 11.6 Å². The number of rotatable bonds is 7. The number of hydrogen-bond donors (Lipinski definition) is 1. The first-order chi connectivity index (χ1) is 14.4. The lowest BCUT2D eigenvalue weighted by Crippen LogP contribution is -2.21. The van der Waals surface area contributed by atoms with E-state index in [1.54, 1.807) is 35.7 Å². The lowest BCUT2D eigenvalue weighted by molar-refractivity contribution is -0.384. The Morgan fingerprint density at radius 2 is 2.10 bits per heavy atom. The van der Waals surface area contributed by atoms with Crippen molar-refractivity contribution in [3.63, 3.8) is 0 Å². The number of nitro groups is 1. The van der Waals surface area contributed by atoms with E-state index >= 15 is 0 Å². The first-order valence-electron chi connectivity index (χ1n) is 8.73. The maximum atomic E-state index is 12.5. The molecule has 1 heterocycles. The molecule has 2 aromatic rings. The minimum atomic E-state index is -0.658. The first kappa shape index (κ1) is 22.1. The van der Waals surface area contributed by atoms with Crippen molar-refractivity contribution in [1.29, 1.82) is 0 Å². The topological polar surface area (TPSA) is 111 Å². The van der Waals surface area contributed by atoms with E-state index in [0.717, 1.165) is 28.3 Å². The van der Waals surface area contributed by atoms with Gasteiger partial charge in [-0.2, -0.15) is 0 Å². The van der Waals surface area contributed by atoms with Gasteiger partial charge in [0.15, 0.2) is 6.61 Å². The molecule has 0 atom stereocenters. The number of hydrogen-bond acceptors (Lipinski definition) is 8. The molecule has 1 aliphatic rings. The van der Waals surface area contributed by atoms with Crippen molar-refractivity contribution < 1.29 is 19.2 Å². The number of halogens is 1. The predicted molar refractivity (Wildman–Crippen MR) is 120 cm³/mol. The molecule has 0 fully saturated rings. The molecule has 2 aromatic carbocycles. The van der Waals surface area contributed by atoms with Crippen LogP contribution in [0.25, 0.3) is 0 Å². The third-order valence-corrected chi connectivity index (χ3v) is 6.55. The lowest BCUT2D eigenvalue weighted by atomic mass is 10.1. The second-order valence-electron chi connectivity index (χ2n) is 5.99. The quantitative estimate of drug-likeness (QED) is 0.367. The number of carbonyl (C=O) groups excluding carboxylic acids is 2. The standard InChI is InChI=1S/C19H16ClN3O5S2/c20-15-6-5-13(23(26)27)9-16(15)22-17(24)10-28-18(25)14-4-2-1-3-12(14)11-30-19-21-7-8-29-19/h1-6,9H,7-8,10-11H2,(H,22,24). The summed E-state index contributed by atoms with van der Waals surface area (Å²) < 4.78 is 6.11. The molecule has 30 heavy (non-hydrogen) atoms. The Labute approximate surface area is 185 Å². The zero-order valence-corrected chi connectivity index (χ0v) is 17.9.